The van der Waals surface area contributed by atoms with Crippen LogP contribution in [0.2, 0.25) is 0 Å². The van der Waals surface area contributed by atoms with E-state index in [-0.39, 0.29) is 29.6 Å². The fourth-order valence-electron chi connectivity index (χ4n) is 2.52. The standard InChI is InChI=1S/C16H23NO4S/c1-11(2)21-15-6-4-13(5-7-15)12(3)17-16(18)14-8-9-22(19,20)10-14/h4-7,11-12,14H,8-10H2,1-3H3,(H,17,18). The Kier molecular flexibility index (Phi) is 5.11. The van der Waals surface area contributed by atoms with Crippen LogP contribution in [0, 0.1) is 5.92 Å². The minimum atomic E-state index is -3.04. The van der Waals surface area contributed by atoms with Gasteiger partial charge in [-0.25, -0.2) is 8.42 Å². The zero-order chi connectivity index (χ0) is 16.3. The van der Waals surface area contributed by atoms with E-state index in [0.29, 0.717) is 6.42 Å². The Hall–Kier alpha value is -1.56. The minimum Gasteiger partial charge on any atom is -0.491 e. The van der Waals surface area contributed by atoms with Crippen LogP contribution in [0.25, 0.3) is 0 Å². The molecule has 1 amide bonds. The lowest BCUT2D eigenvalue weighted by Gasteiger charge is -2.17. The van der Waals surface area contributed by atoms with Crippen molar-refractivity contribution in [3.8, 4) is 5.75 Å². The quantitative estimate of drug-likeness (QED) is 0.900. The highest BCUT2D eigenvalue weighted by molar-refractivity contribution is 7.91. The highest BCUT2D eigenvalue weighted by Gasteiger charge is 2.33. The first-order valence-corrected chi connectivity index (χ1v) is 9.36. The lowest BCUT2D eigenvalue weighted by molar-refractivity contribution is -0.124. The van der Waals surface area contributed by atoms with Crippen molar-refractivity contribution in [1.29, 1.82) is 0 Å². The molecule has 1 heterocycles. The summed E-state index contributed by atoms with van der Waals surface area (Å²) in [6, 6.07) is 7.40. The van der Waals surface area contributed by atoms with Crippen molar-refractivity contribution in [3.63, 3.8) is 0 Å². The maximum absolute atomic E-state index is 12.1. The fourth-order valence-corrected chi connectivity index (χ4v) is 4.26. The van der Waals surface area contributed by atoms with Crippen LogP contribution in [0.4, 0.5) is 0 Å². The Bertz CT molecular complexity index is 622. The van der Waals surface area contributed by atoms with Gasteiger partial charge in [0, 0.05) is 0 Å². The zero-order valence-corrected chi connectivity index (χ0v) is 14.0. The van der Waals surface area contributed by atoms with Gasteiger partial charge in [-0.2, -0.15) is 0 Å². The van der Waals surface area contributed by atoms with Crippen molar-refractivity contribution >= 4 is 15.7 Å². The van der Waals surface area contributed by atoms with E-state index in [2.05, 4.69) is 5.32 Å². The van der Waals surface area contributed by atoms with Gasteiger partial charge >= 0.3 is 0 Å². The van der Waals surface area contributed by atoms with Crippen LogP contribution in [-0.4, -0.2) is 31.9 Å². The first-order chi connectivity index (χ1) is 10.3. The second kappa shape index (κ2) is 6.69. The predicted octanol–water partition coefficient (Wildman–Crippen LogP) is 2.09. The number of sulfone groups is 1. The van der Waals surface area contributed by atoms with E-state index in [4.69, 9.17) is 4.74 Å². The summed E-state index contributed by atoms with van der Waals surface area (Å²) in [6.07, 6.45) is 0.537. The van der Waals surface area contributed by atoms with Gasteiger partial charge in [-0.05, 0) is 44.9 Å². The van der Waals surface area contributed by atoms with E-state index >= 15 is 0 Å². The molecule has 2 atom stereocenters. The third-order valence-corrected chi connectivity index (χ3v) is 5.48. The van der Waals surface area contributed by atoms with Gasteiger partial charge in [0.2, 0.25) is 5.91 Å². The Morgan fingerprint density at radius 3 is 2.36 bits per heavy atom. The van der Waals surface area contributed by atoms with Crippen molar-refractivity contribution in [2.75, 3.05) is 11.5 Å². The summed E-state index contributed by atoms with van der Waals surface area (Å²) >= 11 is 0. The summed E-state index contributed by atoms with van der Waals surface area (Å²) in [6.45, 7) is 5.82. The molecule has 0 spiro atoms. The first-order valence-electron chi connectivity index (χ1n) is 7.54. The van der Waals surface area contributed by atoms with Crippen LogP contribution in [-0.2, 0) is 14.6 Å². The number of hydrogen-bond acceptors (Lipinski definition) is 4. The van der Waals surface area contributed by atoms with Crippen molar-refractivity contribution in [2.45, 2.75) is 39.3 Å². The van der Waals surface area contributed by atoms with Crippen LogP contribution < -0.4 is 10.1 Å². The van der Waals surface area contributed by atoms with Crippen LogP contribution in [0.1, 0.15) is 38.8 Å². The van der Waals surface area contributed by atoms with Gasteiger partial charge < -0.3 is 10.1 Å². The Morgan fingerprint density at radius 1 is 1.23 bits per heavy atom. The average Bonchev–Trinajstić information content (AvgIpc) is 2.79. The summed E-state index contributed by atoms with van der Waals surface area (Å²) in [7, 11) is -3.04. The summed E-state index contributed by atoms with van der Waals surface area (Å²) < 4.78 is 28.4. The summed E-state index contributed by atoms with van der Waals surface area (Å²) in [5.74, 6) is 0.263. The second-order valence-corrected chi connectivity index (χ2v) is 8.29. The van der Waals surface area contributed by atoms with Gasteiger partial charge in [-0.15, -0.1) is 0 Å². The van der Waals surface area contributed by atoms with Crippen molar-refractivity contribution in [2.24, 2.45) is 5.92 Å². The van der Waals surface area contributed by atoms with Crippen molar-refractivity contribution in [1.82, 2.24) is 5.32 Å². The Morgan fingerprint density at radius 2 is 1.86 bits per heavy atom. The largest absolute Gasteiger partial charge is 0.491 e. The zero-order valence-electron chi connectivity index (χ0n) is 13.2. The molecule has 122 valence electrons. The van der Waals surface area contributed by atoms with Gasteiger partial charge in [0.15, 0.2) is 9.84 Å². The molecule has 2 rings (SSSR count). The van der Waals surface area contributed by atoms with Gasteiger partial charge in [0.1, 0.15) is 5.75 Å². The number of hydrogen-bond donors (Lipinski definition) is 1. The number of nitrogens with one attached hydrogen (secondary N) is 1. The number of amides is 1. The highest BCUT2D eigenvalue weighted by Crippen LogP contribution is 2.22. The number of carbonyl (C=O) groups is 1. The van der Waals surface area contributed by atoms with E-state index < -0.39 is 15.8 Å². The van der Waals surface area contributed by atoms with Gasteiger partial charge in [-0.3, -0.25) is 4.79 Å². The number of carbonyl (C=O) groups excluding carboxylic acids is 1. The van der Waals surface area contributed by atoms with Gasteiger partial charge in [0.05, 0.1) is 29.6 Å². The average molecular weight is 325 g/mol. The maximum Gasteiger partial charge on any atom is 0.224 e. The number of rotatable bonds is 5. The van der Waals surface area contributed by atoms with Crippen LogP contribution in [0.5, 0.6) is 5.75 Å². The molecule has 0 aromatic heterocycles. The van der Waals surface area contributed by atoms with Gasteiger partial charge in [0.25, 0.3) is 0 Å². The smallest absolute Gasteiger partial charge is 0.224 e. The molecule has 1 aromatic rings. The molecule has 5 nitrogen and oxygen atoms in total. The van der Waals surface area contributed by atoms with Crippen molar-refractivity contribution in [3.05, 3.63) is 29.8 Å². The topological polar surface area (TPSA) is 72.5 Å². The van der Waals surface area contributed by atoms with Crippen molar-refractivity contribution < 1.29 is 17.9 Å². The van der Waals surface area contributed by atoms with Crippen LogP contribution in [0.3, 0.4) is 0 Å². The number of ether oxygens (including phenoxy) is 1. The molecule has 0 saturated carbocycles. The lowest BCUT2D eigenvalue weighted by atomic mass is 10.1. The van der Waals surface area contributed by atoms with E-state index in [1.54, 1.807) is 0 Å². The third-order valence-electron chi connectivity index (χ3n) is 3.71. The molecule has 1 N–H and O–H groups in total. The molecule has 1 fully saturated rings. The second-order valence-electron chi connectivity index (χ2n) is 6.07. The highest BCUT2D eigenvalue weighted by atomic mass is 32.2. The molecule has 1 aliphatic rings. The maximum atomic E-state index is 12.1. The molecule has 22 heavy (non-hydrogen) atoms. The normalized spacial score (nSPS) is 21.5. The van der Waals surface area contributed by atoms with E-state index in [9.17, 15) is 13.2 Å². The minimum absolute atomic E-state index is 0.0350. The molecule has 2 unspecified atom stereocenters. The van der Waals surface area contributed by atoms with Crippen LogP contribution >= 0.6 is 0 Å². The van der Waals surface area contributed by atoms with Crippen LogP contribution in [0.15, 0.2) is 24.3 Å². The molecule has 1 aliphatic heterocycles. The Labute approximate surface area is 132 Å². The van der Waals surface area contributed by atoms with E-state index in [1.165, 1.54) is 0 Å². The monoisotopic (exact) mass is 325 g/mol. The van der Waals surface area contributed by atoms with E-state index in [0.717, 1.165) is 11.3 Å². The first kappa shape index (κ1) is 16.8. The summed E-state index contributed by atoms with van der Waals surface area (Å²) in [5, 5.41) is 2.89. The molecule has 1 saturated heterocycles. The third kappa shape index (κ3) is 4.47. The molecular weight excluding hydrogens is 302 g/mol. The molecule has 0 aliphatic carbocycles. The molecular formula is C16H23NO4S. The summed E-state index contributed by atoms with van der Waals surface area (Å²) in [5.41, 5.74) is 0.963. The Balaban J connectivity index is 1.94. The van der Waals surface area contributed by atoms with E-state index in [1.807, 2.05) is 45.0 Å². The molecule has 6 heteroatoms. The fraction of sp³-hybridized carbons (Fsp3) is 0.562. The molecule has 1 aromatic carbocycles. The summed E-state index contributed by atoms with van der Waals surface area (Å²) in [4.78, 5) is 12.1. The SMILES string of the molecule is CC(C)Oc1ccc(C(C)NC(=O)C2CCS(=O)(=O)C2)cc1. The predicted molar refractivity (Wildman–Crippen MR) is 85.5 cm³/mol. The number of benzene rings is 1. The molecule has 0 radical (unpaired) electrons. The van der Waals surface area contributed by atoms with Gasteiger partial charge in [-0.1, -0.05) is 12.1 Å². The lowest BCUT2D eigenvalue weighted by Crippen LogP contribution is -2.33. The molecule has 0 bridgehead atoms.